The highest BCUT2D eigenvalue weighted by molar-refractivity contribution is 5.96. The first kappa shape index (κ1) is 8.51. The van der Waals surface area contributed by atoms with Crippen molar-refractivity contribution in [3.05, 3.63) is 11.6 Å². The zero-order valence-electron chi connectivity index (χ0n) is 7.99. The molecule has 1 nitrogen and oxygen atoms in total. The molecule has 0 radical (unpaired) electrons. The summed E-state index contributed by atoms with van der Waals surface area (Å²) in [5, 5.41) is 0. The van der Waals surface area contributed by atoms with E-state index in [-0.39, 0.29) is 10.8 Å². The van der Waals surface area contributed by atoms with Crippen LogP contribution < -0.4 is 0 Å². The van der Waals surface area contributed by atoms with Crippen LogP contribution >= 0.6 is 0 Å². The van der Waals surface area contributed by atoms with Gasteiger partial charge in [-0.05, 0) is 34.6 Å². The molecule has 0 fully saturated rings. The number of Topliss-reactive ketones (excluding diaryl/α,β-unsaturated/α-hetero) is 1. The topological polar surface area (TPSA) is 17.1 Å². The second kappa shape index (κ2) is 1.96. The third-order valence-corrected chi connectivity index (χ3v) is 2.72. The molecule has 0 saturated heterocycles. The zero-order chi connectivity index (χ0) is 8.86. The lowest BCUT2D eigenvalue weighted by Gasteiger charge is -2.22. The second-order valence-electron chi connectivity index (χ2n) is 4.50. The maximum absolute atomic E-state index is 11.7. The molecular formula is C10H16O. The van der Waals surface area contributed by atoms with E-state index in [1.54, 1.807) is 0 Å². The van der Waals surface area contributed by atoms with E-state index in [1.165, 1.54) is 5.57 Å². The van der Waals surface area contributed by atoms with Crippen molar-refractivity contribution < 1.29 is 4.79 Å². The first-order valence-corrected chi connectivity index (χ1v) is 4.03. The standard InChI is InChI=1S/C10H16O/c1-7-6-9(2,3)8(11)10(7,4)5/h6H,1-5H3. The van der Waals surface area contributed by atoms with Crippen molar-refractivity contribution in [1.82, 2.24) is 0 Å². The molecule has 1 heteroatoms. The largest absolute Gasteiger partial charge is 0.298 e. The fourth-order valence-electron chi connectivity index (χ4n) is 1.77. The Morgan fingerprint density at radius 2 is 1.64 bits per heavy atom. The monoisotopic (exact) mass is 152 g/mol. The van der Waals surface area contributed by atoms with E-state index < -0.39 is 0 Å². The van der Waals surface area contributed by atoms with E-state index in [9.17, 15) is 4.79 Å². The number of carbonyl (C=O) groups excluding carboxylic acids is 1. The molecule has 0 unspecified atom stereocenters. The predicted molar refractivity (Wildman–Crippen MR) is 46.3 cm³/mol. The minimum absolute atomic E-state index is 0.233. The molecule has 62 valence electrons. The minimum atomic E-state index is -0.242. The molecule has 0 heterocycles. The Hall–Kier alpha value is -0.590. The number of rotatable bonds is 0. The summed E-state index contributed by atoms with van der Waals surface area (Å²) in [6, 6.07) is 0. The quantitative estimate of drug-likeness (QED) is 0.487. The minimum Gasteiger partial charge on any atom is -0.298 e. The van der Waals surface area contributed by atoms with E-state index in [2.05, 4.69) is 6.08 Å². The van der Waals surface area contributed by atoms with Gasteiger partial charge in [0.2, 0.25) is 0 Å². The smallest absolute Gasteiger partial charge is 0.151 e. The summed E-state index contributed by atoms with van der Waals surface area (Å²) in [6.45, 7) is 9.99. The van der Waals surface area contributed by atoms with Gasteiger partial charge in [-0.3, -0.25) is 4.79 Å². The van der Waals surface area contributed by atoms with Crippen molar-refractivity contribution in [2.75, 3.05) is 0 Å². The molecule has 0 aromatic heterocycles. The van der Waals surface area contributed by atoms with Crippen LogP contribution in [0.1, 0.15) is 34.6 Å². The summed E-state index contributed by atoms with van der Waals surface area (Å²) in [4.78, 5) is 11.7. The van der Waals surface area contributed by atoms with Crippen LogP contribution in [0, 0.1) is 10.8 Å². The summed E-state index contributed by atoms with van der Waals surface area (Å²) in [5.74, 6) is 0.336. The van der Waals surface area contributed by atoms with Crippen LogP contribution in [0.3, 0.4) is 0 Å². The van der Waals surface area contributed by atoms with Crippen molar-refractivity contribution in [3.63, 3.8) is 0 Å². The van der Waals surface area contributed by atoms with Crippen molar-refractivity contribution in [1.29, 1.82) is 0 Å². The Morgan fingerprint density at radius 1 is 1.18 bits per heavy atom. The van der Waals surface area contributed by atoms with E-state index in [0.717, 1.165) is 0 Å². The van der Waals surface area contributed by atoms with Crippen LogP contribution in [0.5, 0.6) is 0 Å². The number of carbonyl (C=O) groups is 1. The van der Waals surface area contributed by atoms with Gasteiger partial charge in [0.25, 0.3) is 0 Å². The predicted octanol–water partition coefficient (Wildman–Crippen LogP) is 2.57. The molecular weight excluding hydrogens is 136 g/mol. The lowest BCUT2D eigenvalue weighted by Crippen LogP contribution is -2.29. The van der Waals surface area contributed by atoms with Gasteiger partial charge >= 0.3 is 0 Å². The lowest BCUT2D eigenvalue weighted by molar-refractivity contribution is -0.130. The van der Waals surface area contributed by atoms with Gasteiger partial charge in [0.1, 0.15) is 0 Å². The first-order chi connectivity index (χ1) is 4.78. The Morgan fingerprint density at radius 3 is 1.73 bits per heavy atom. The molecule has 0 N–H and O–H groups in total. The molecule has 0 spiro atoms. The highest BCUT2D eigenvalue weighted by Crippen LogP contribution is 2.43. The molecule has 0 aromatic rings. The third-order valence-electron chi connectivity index (χ3n) is 2.72. The third kappa shape index (κ3) is 1.03. The molecule has 1 rings (SSSR count). The summed E-state index contributed by atoms with van der Waals surface area (Å²) in [6.07, 6.45) is 2.08. The molecule has 1 aliphatic rings. The lowest BCUT2D eigenvalue weighted by atomic mass is 9.79. The molecule has 11 heavy (non-hydrogen) atoms. The zero-order valence-corrected chi connectivity index (χ0v) is 7.99. The number of hydrogen-bond donors (Lipinski definition) is 0. The maximum Gasteiger partial charge on any atom is 0.151 e. The van der Waals surface area contributed by atoms with E-state index in [0.29, 0.717) is 5.78 Å². The van der Waals surface area contributed by atoms with Crippen LogP contribution in [-0.2, 0) is 4.79 Å². The van der Waals surface area contributed by atoms with E-state index in [1.807, 2.05) is 34.6 Å². The van der Waals surface area contributed by atoms with Crippen LogP contribution in [0.15, 0.2) is 11.6 Å². The molecule has 0 atom stereocenters. The van der Waals surface area contributed by atoms with Gasteiger partial charge in [0, 0.05) is 10.8 Å². The Balaban J connectivity index is 3.14. The molecule has 0 saturated carbocycles. The molecule has 0 aliphatic heterocycles. The number of hydrogen-bond acceptors (Lipinski definition) is 1. The summed E-state index contributed by atoms with van der Waals surface area (Å²) in [7, 11) is 0. The summed E-state index contributed by atoms with van der Waals surface area (Å²) < 4.78 is 0. The fraction of sp³-hybridized carbons (Fsp3) is 0.700. The highest BCUT2D eigenvalue weighted by Gasteiger charge is 2.44. The van der Waals surface area contributed by atoms with Gasteiger partial charge in [-0.25, -0.2) is 0 Å². The van der Waals surface area contributed by atoms with Crippen molar-refractivity contribution in [3.8, 4) is 0 Å². The average Bonchev–Trinajstić information content (AvgIpc) is 1.94. The fourth-order valence-corrected chi connectivity index (χ4v) is 1.77. The van der Waals surface area contributed by atoms with Gasteiger partial charge in [-0.15, -0.1) is 0 Å². The average molecular weight is 152 g/mol. The molecule has 0 amide bonds. The SMILES string of the molecule is CC1=CC(C)(C)C(=O)C1(C)C. The van der Waals surface area contributed by atoms with Gasteiger partial charge in [-0.1, -0.05) is 11.6 Å². The number of ketones is 1. The van der Waals surface area contributed by atoms with E-state index in [4.69, 9.17) is 0 Å². The van der Waals surface area contributed by atoms with Crippen LogP contribution in [0.4, 0.5) is 0 Å². The molecule has 1 aliphatic carbocycles. The second-order valence-corrected chi connectivity index (χ2v) is 4.50. The summed E-state index contributed by atoms with van der Waals surface area (Å²) >= 11 is 0. The maximum atomic E-state index is 11.7. The highest BCUT2D eigenvalue weighted by atomic mass is 16.1. The summed E-state index contributed by atoms with van der Waals surface area (Å²) in [5.41, 5.74) is 0.726. The normalized spacial score (nSPS) is 27.0. The van der Waals surface area contributed by atoms with E-state index >= 15 is 0 Å². The first-order valence-electron chi connectivity index (χ1n) is 4.03. The van der Waals surface area contributed by atoms with Crippen LogP contribution in [0.2, 0.25) is 0 Å². The van der Waals surface area contributed by atoms with Gasteiger partial charge in [0.15, 0.2) is 5.78 Å². The van der Waals surface area contributed by atoms with Crippen molar-refractivity contribution >= 4 is 5.78 Å². The van der Waals surface area contributed by atoms with Gasteiger partial charge < -0.3 is 0 Å². The van der Waals surface area contributed by atoms with Crippen molar-refractivity contribution in [2.45, 2.75) is 34.6 Å². The molecule has 0 bridgehead atoms. The number of allylic oxidation sites excluding steroid dienone is 2. The molecule has 0 aromatic carbocycles. The van der Waals surface area contributed by atoms with Crippen LogP contribution in [0.25, 0.3) is 0 Å². The van der Waals surface area contributed by atoms with Gasteiger partial charge in [0.05, 0.1) is 0 Å². The Bertz CT molecular complexity index is 231. The van der Waals surface area contributed by atoms with Crippen LogP contribution in [-0.4, -0.2) is 5.78 Å². The van der Waals surface area contributed by atoms with Crippen molar-refractivity contribution in [2.24, 2.45) is 10.8 Å². The van der Waals surface area contributed by atoms with Gasteiger partial charge in [-0.2, -0.15) is 0 Å². The Labute approximate surface area is 68.5 Å². The Kier molecular flexibility index (Phi) is 1.52.